The first-order valence-electron chi connectivity index (χ1n) is 8.18. The number of piperidine rings is 1. The van der Waals surface area contributed by atoms with Crippen LogP contribution < -0.4 is 5.32 Å². The fraction of sp³-hybridized carbons (Fsp3) is 0.867. The lowest BCUT2D eigenvalue weighted by Crippen LogP contribution is -2.39. The minimum Gasteiger partial charge on any atom is -0.367 e. The van der Waals surface area contributed by atoms with Crippen LogP contribution in [0.1, 0.15) is 57.0 Å². The average Bonchev–Trinajstić information content (AvgIpc) is 2.98. The van der Waals surface area contributed by atoms with Crippen molar-refractivity contribution in [3.8, 4) is 0 Å². The molecular formula is C15H26N4O2. The van der Waals surface area contributed by atoms with Gasteiger partial charge in [-0.15, -0.1) is 0 Å². The van der Waals surface area contributed by atoms with Crippen LogP contribution in [-0.4, -0.2) is 47.8 Å². The van der Waals surface area contributed by atoms with Crippen molar-refractivity contribution >= 4 is 0 Å². The number of nitrogens with one attached hydrogen (secondary N) is 1. The van der Waals surface area contributed by atoms with Gasteiger partial charge < -0.3 is 14.6 Å². The summed E-state index contributed by atoms with van der Waals surface area (Å²) in [6.45, 7) is 9.17. The second-order valence-corrected chi connectivity index (χ2v) is 6.20. The van der Waals surface area contributed by atoms with E-state index in [0.717, 1.165) is 39.2 Å². The van der Waals surface area contributed by atoms with Gasteiger partial charge in [-0.05, 0) is 38.3 Å². The lowest BCUT2D eigenvalue weighted by molar-refractivity contribution is -0.0350. The number of aromatic nitrogens is 2. The molecule has 1 aromatic heterocycles. The fourth-order valence-corrected chi connectivity index (χ4v) is 3.26. The molecule has 2 aliphatic rings. The summed E-state index contributed by atoms with van der Waals surface area (Å²) >= 11 is 0. The Labute approximate surface area is 126 Å². The van der Waals surface area contributed by atoms with E-state index in [0.29, 0.717) is 17.6 Å². The quantitative estimate of drug-likeness (QED) is 0.915. The molecule has 0 aliphatic carbocycles. The largest absolute Gasteiger partial charge is 0.367 e. The first-order chi connectivity index (χ1) is 10.3. The summed E-state index contributed by atoms with van der Waals surface area (Å²) in [6.07, 6.45) is 3.53. The van der Waals surface area contributed by atoms with E-state index in [2.05, 4.69) is 34.2 Å². The Morgan fingerprint density at radius 3 is 3.14 bits per heavy atom. The molecule has 3 atom stereocenters. The van der Waals surface area contributed by atoms with Crippen molar-refractivity contribution in [2.45, 2.75) is 45.3 Å². The van der Waals surface area contributed by atoms with Gasteiger partial charge in [0.05, 0.1) is 12.6 Å². The zero-order chi connectivity index (χ0) is 14.7. The van der Waals surface area contributed by atoms with Gasteiger partial charge in [0.25, 0.3) is 0 Å². The van der Waals surface area contributed by atoms with Crippen molar-refractivity contribution in [1.82, 2.24) is 20.4 Å². The molecule has 6 heteroatoms. The van der Waals surface area contributed by atoms with Crippen LogP contribution >= 0.6 is 0 Å². The molecule has 3 unspecified atom stereocenters. The number of hydrogen-bond donors (Lipinski definition) is 1. The molecule has 3 heterocycles. The minimum atomic E-state index is -0.0540. The van der Waals surface area contributed by atoms with Gasteiger partial charge in [0.2, 0.25) is 11.7 Å². The number of nitrogens with zero attached hydrogens (tertiary/aromatic N) is 3. The van der Waals surface area contributed by atoms with Crippen LogP contribution in [-0.2, 0) is 4.74 Å². The molecule has 0 radical (unpaired) electrons. The summed E-state index contributed by atoms with van der Waals surface area (Å²) in [5.74, 6) is 1.95. The van der Waals surface area contributed by atoms with Crippen molar-refractivity contribution < 1.29 is 9.26 Å². The van der Waals surface area contributed by atoms with E-state index in [4.69, 9.17) is 9.26 Å². The Kier molecular flexibility index (Phi) is 4.87. The maximum absolute atomic E-state index is 5.82. The first kappa shape index (κ1) is 14.9. The van der Waals surface area contributed by atoms with Crippen LogP contribution in [0.15, 0.2) is 4.52 Å². The molecule has 1 aromatic rings. The van der Waals surface area contributed by atoms with Gasteiger partial charge in [-0.3, -0.25) is 4.90 Å². The topological polar surface area (TPSA) is 63.4 Å². The summed E-state index contributed by atoms with van der Waals surface area (Å²) in [5, 5.41) is 7.65. The van der Waals surface area contributed by atoms with E-state index in [9.17, 15) is 0 Å². The second kappa shape index (κ2) is 6.85. The standard InChI is InChI=1S/C15H26N4O2/c1-3-7-19-8-9-20-12(10-19)14-17-15(21-18-14)13-11(2)5-4-6-16-13/h11-13,16H,3-10H2,1-2H3. The van der Waals surface area contributed by atoms with Gasteiger partial charge in [-0.1, -0.05) is 19.0 Å². The SMILES string of the molecule is CCCN1CCOC(c2noc(C3NCCCC3C)n2)C1. The Morgan fingerprint density at radius 1 is 1.43 bits per heavy atom. The van der Waals surface area contributed by atoms with Gasteiger partial charge in [-0.25, -0.2) is 0 Å². The van der Waals surface area contributed by atoms with E-state index in [1.165, 1.54) is 12.8 Å². The molecule has 21 heavy (non-hydrogen) atoms. The summed E-state index contributed by atoms with van der Waals surface area (Å²) in [7, 11) is 0. The lowest BCUT2D eigenvalue weighted by Gasteiger charge is -2.31. The molecule has 118 valence electrons. The normalized spacial score (nSPS) is 31.4. The summed E-state index contributed by atoms with van der Waals surface area (Å²) in [4.78, 5) is 7.02. The molecule has 2 fully saturated rings. The van der Waals surface area contributed by atoms with E-state index < -0.39 is 0 Å². The first-order valence-corrected chi connectivity index (χ1v) is 8.18. The van der Waals surface area contributed by atoms with Crippen molar-refractivity contribution in [3.63, 3.8) is 0 Å². The number of hydrogen-bond acceptors (Lipinski definition) is 6. The number of morpholine rings is 1. The third-order valence-corrected chi connectivity index (χ3v) is 4.47. The van der Waals surface area contributed by atoms with Gasteiger partial charge >= 0.3 is 0 Å². The van der Waals surface area contributed by atoms with Gasteiger partial charge in [0.1, 0.15) is 6.10 Å². The predicted molar refractivity (Wildman–Crippen MR) is 78.9 cm³/mol. The molecule has 2 aliphatic heterocycles. The molecular weight excluding hydrogens is 268 g/mol. The molecule has 2 saturated heterocycles. The summed E-state index contributed by atoms with van der Waals surface area (Å²) < 4.78 is 11.3. The monoisotopic (exact) mass is 294 g/mol. The molecule has 3 rings (SSSR count). The zero-order valence-corrected chi connectivity index (χ0v) is 13.0. The zero-order valence-electron chi connectivity index (χ0n) is 13.0. The van der Waals surface area contributed by atoms with Crippen molar-refractivity contribution in [1.29, 1.82) is 0 Å². The van der Waals surface area contributed by atoms with E-state index >= 15 is 0 Å². The van der Waals surface area contributed by atoms with Crippen molar-refractivity contribution in [2.24, 2.45) is 5.92 Å². The summed E-state index contributed by atoms with van der Waals surface area (Å²) in [5.41, 5.74) is 0. The second-order valence-electron chi connectivity index (χ2n) is 6.20. The van der Waals surface area contributed by atoms with Gasteiger partial charge in [0.15, 0.2) is 0 Å². The highest BCUT2D eigenvalue weighted by atomic mass is 16.5. The number of rotatable bonds is 4. The number of ether oxygens (including phenoxy) is 1. The van der Waals surface area contributed by atoms with Crippen LogP contribution in [0.5, 0.6) is 0 Å². The highest BCUT2D eigenvalue weighted by Crippen LogP contribution is 2.29. The third kappa shape index (κ3) is 3.44. The summed E-state index contributed by atoms with van der Waals surface area (Å²) in [6, 6.07) is 0.190. The lowest BCUT2D eigenvalue weighted by atomic mass is 9.93. The van der Waals surface area contributed by atoms with E-state index in [-0.39, 0.29) is 12.1 Å². The molecule has 0 aromatic carbocycles. The van der Waals surface area contributed by atoms with Gasteiger partial charge in [0, 0.05) is 13.1 Å². The maximum Gasteiger partial charge on any atom is 0.244 e. The Balaban J connectivity index is 1.66. The molecule has 1 N–H and O–H groups in total. The fourth-order valence-electron chi connectivity index (χ4n) is 3.26. The maximum atomic E-state index is 5.82. The Hall–Kier alpha value is -0.980. The minimum absolute atomic E-state index is 0.0540. The predicted octanol–water partition coefficient (Wildman–Crippen LogP) is 1.91. The van der Waals surface area contributed by atoms with Crippen molar-refractivity contribution in [3.05, 3.63) is 11.7 Å². The average molecular weight is 294 g/mol. The van der Waals surface area contributed by atoms with Crippen LogP contribution in [0.4, 0.5) is 0 Å². The van der Waals surface area contributed by atoms with Crippen LogP contribution in [0.25, 0.3) is 0 Å². The van der Waals surface area contributed by atoms with Crippen LogP contribution in [0.2, 0.25) is 0 Å². The smallest absolute Gasteiger partial charge is 0.244 e. The molecule has 0 saturated carbocycles. The van der Waals surface area contributed by atoms with Crippen LogP contribution in [0.3, 0.4) is 0 Å². The van der Waals surface area contributed by atoms with E-state index in [1.807, 2.05) is 0 Å². The molecule has 0 bridgehead atoms. The Morgan fingerprint density at radius 2 is 2.33 bits per heavy atom. The molecule has 0 spiro atoms. The molecule has 0 amide bonds. The van der Waals surface area contributed by atoms with Crippen molar-refractivity contribution in [2.75, 3.05) is 32.8 Å². The third-order valence-electron chi connectivity index (χ3n) is 4.47. The van der Waals surface area contributed by atoms with Gasteiger partial charge in [-0.2, -0.15) is 4.98 Å². The Bertz CT molecular complexity index is 449. The van der Waals surface area contributed by atoms with Crippen LogP contribution in [0, 0.1) is 5.92 Å². The highest BCUT2D eigenvalue weighted by Gasteiger charge is 2.30. The van der Waals surface area contributed by atoms with E-state index in [1.54, 1.807) is 0 Å². The highest BCUT2D eigenvalue weighted by molar-refractivity contribution is 5.00. The molecule has 6 nitrogen and oxygen atoms in total.